The molecule has 0 heterocycles. The molecule has 0 amide bonds. The molecule has 1 aliphatic carbocycles. The van der Waals surface area contributed by atoms with Crippen molar-refractivity contribution in [2.24, 2.45) is 5.92 Å². The number of hydrogen-bond acceptors (Lipinski definition) is 1. The van der Waals surface area contributed by atoms with Crippen LogP contribution in [0, 0.1) is 29.4 Å². The Hall–Kier alpha value is -3.33. The van der Waals surface area contributed by atoms with Crippen molar-refractivity contribution in [3.05, 3.63) is 89.5 Å². The van der Waals surface area contributed by atoms with E-state index in [0.717, 1.165) is 42.7 Å². The molecular formula is C29H25F5O. The third-order valence-electron chi connectivity index (χ3n) is 6.57. The molecule has 35 heavy (non-hydrogen) atoms. The molecule has 1 saturated carbocycles. The molecule has 0 saturated heterocycles. The number of allylic oxidation sites excluding steroid dienone is 1. The third-order valence-corrected chi connectivity index (χ3v) is 6.57. The molecule has 0 aliphatic heterocycles. The van der Waals surface area contributed by atoms with E-state index in [4.69, 9.17) is 0 Å². The Morgan fingerprint density at radius 2 is 1.71 bits per heavy atom. The maximum Gasteiger partial charge on any atom is 0.573 e. The fourth-order valence-electron chi connectivity index (χ4n) is 4.72. The van der Waals surface area contributed by atoms with E-state index >= 15 is 4.39 Å². The lowest BCUT2D eigenvalue weighted by molar-refractivity contribution is -0.275. The van der Waals surface area contributed by atoms with Crippen LogP contribution in [0.5, 0.6) is 5.75 Å². The van der Waals surface area contributed by atoms with Crippen LogP contribution in [-0.2, 0) is 0 Å². The molecule has 182 valence electrons. The van der Waals surface area contributed by atoms with Crippen LogP contribution in [-0.4, -0.2) is 6.36 Å². The van der Waals surface area contributed by atoms with Gasteiger partial charge in [-0.15, -0.1) is 19.8 Å². The van der Waals surface area contributed by atoms with Gasteiger partial charge in [0.05, 0.1) is 5.56 Å². The molecule has 0 aromatic heterocycles. The van der Waals surface area contributed by atoms with Gasteiger partial charge >= 0.3 is 6.36 Å². The predicted octanol–water partition coefficient (Wildman–Crippen LogP) is 8.66. The van der Waals surface area contributed by atoms with Gasteiger partial charge in [-0.3, -0.25) is 0 Å². The zero-order valence-corrected chi connectivity index (χ0v) is 19.1. The molecule has 1 aliphatic rings. The fraction of sp³-hybridized carbons (Fsp3) is 0.310. The zero-order chi connectivity index (χ0) is 25.0. The SMILES string of the molecule is C=CCCC1CCC(c2ccc3c(F)c(C#Cc4ccc(OC(F)(F)F)c(F)c4)ccc3c2)CC1. The second kappa shape index (κ2) is 10.5. The Morgan fingerprint density at radius 1 is 0.943 bits per heavy atom. The van der Waals surface area contributed by atoms with E-state index in [1.807, 2.05) is 24.3 Å². The van der Waals surface area contributed by atoms with Crippen LogP contribution in [0.4, 0.5) is 22.0 Å². The van der Waals surface area contributed by atoms with E-state index in [1.165, 1.54) is 30.9 Å². The molecule has 0 atom stereocenters. The minimum atomic E-state index is -4.99. The lowest BCUT2D eigenvalue weighted by Gasteiger charge is -2.28. The fourth-order valence-corrected chi connectivity index (χ4v) is 4.72. The first kappa shape index (κ1) is 24.8. The molecule has 0 spiro atoms. The summed E-state index contributed by atoms with van der Waals surface area (Å²) in [6.45, 7) is 3.80. The second-order valence-corrected chi connectivity index (χ2v) is 8.93. The average molecular weight is 485 g/mol. The Morgan fingerprint density at radius 3 is 2.40 bits per heavy atom. The Balaban J connectivity index is 1.50. The van der Waals surface area contributed by atoms with Gasteiger partial charge in [-0.05, 0) is 85.6 Å². The molecule has 1 nitrogen and oxygen atoms in total. The van der Waals surface area contributed by atoms with E-state index in [-0.39, 0.29) is 11.1 Å². The summed E-state index contributed by atoms with van der Waals surface area (Å²) in [5, 5.41) is 1.24. The van der Waals surface area contributed by atoms with E-state index in [1.54, 1.807) is 12.1 Å². The molecule has 3 aromatic carbocycles. The topological polar surface area (TPSA) is 9.23 Å². The molecule has 1 fully saturated rings. The van der Waals surface area contributed by atoms with Crippen molar-refractivity contribution >= 4 is 10.8 Å². The maximum atomic E-state index is 15.1. The van der Waals surface area contributed by atoms with Gasteiger partial charge in [-0.2, -0.15) is 0 Å². The molecule has 0 N–H and O–H groups in total. The number of ether oxygens (including phenoxy) is 1. The van der Waals surface area contributed by atoms with Gasteiger partial charge in [0.15, 0.2) is 11.6 Å². The molecular weight excluding hydrogens is 459 g/mol. The van der Waals surface area contributed by atoms with Crippen molar-refractivity contribution in [3.63, 3.8) is 0 Å². The minimum Gasteiger partial charge on any atom is -0.403 e. The van der Waals surface area contributed by atoms with Crippen LogP contribution in [0.15, 0.2) is 61.2 Å². The highest BCUT2D eigenvalue weighted by Gasteiger charge is 2.32. The number of halogens is 5. The third kappa shape index (κ3) is 6.22. The van der Waals surface area contributed by atoms with Gasteiger partial charge in [0.25, 0.3) is 0 Å². The molecule has 3 aromatic rings. The minimum absolute atomic E-state index is 0.107. The summed E-state index contributed by atoms with van der Waals surface area (Å²) in [6.07, 6.45) is 3.89. The van der Waals surface area contributed by atoms with Crippen LogP contribution in [0.1, 0.15) is 61.1 Å². The van der Waals surface area contributed by atoms with Crippen molar-refractivity contribution in [1.82, 2.24) is 0 Å². The average Bonchev–Trinajstić information content (AvgIpc) is 2.83. The summed E-state index contributed by atoms with van der Waals surface area (Å²) in [7, 11) is 0. The standard InChI is InChI=1S/C29H25F5O/c1-2-3-4-19-5-9-21(10-6-19)23-14-15-25-24(18-23)13-12-22(28(25)31)11-7-20-8-16-27(26(30)17-20)35-29(32,33)34/h2,8,12-19,21H,1,3-6,9-10H2. The molecule has 0 unspecified atom stereocenters. The number of benzene rings is 3. The van der Waals surface area contributed by atoms with Crippen molar-refractivity contribution in [1.29, 1.82) is 0 Å². The summed E-state index contributed by atoms with van der Waals surface area (Å²) >= 11 is 0. The number of hydrogen-bond donors (Lipinski definition) is 0. The van der Waals surface area contributed by atoms with Crippen LogP contribution in [0.3, 0.4) is 0 Å². The van der Waals surface area contributed by atoms with Gasteiger partial charge in [-0.25, -0.2) is 8.78 Å². The van der Waals surface area contributed by atoms with Gasteiger partial charge in [-0.1, -0.05) is 42.2 Å². The molecule has 6 heteroatoms. The van der Waals surface area contributed by atoms with Crippen molar-refractivity contribution < 1.29 is 26.7 Å². The van der Waals surface area contributed by atoms with Gasteiger partial charge in [0.1, 0.15) is 5.82 Å². The second-order valence-electron chi connectivity index (χ2n) is 8.93. The van der Waals surface area contributed by atoms with E-state index in [9.17, 15) is 17.6 Å². The molecule has 0 bridgehead atoms. The first-order valence-corrected chi connectivity index (χ1v) is 11.6. The monoisotopic (exact) mass is 484 g/mol. The highest BCUT2D eigenvalue weighted by atomic mass is 19.4. The smallest absolute Gasteiger partial charge is 0.403 e. The lowest BCUT2D eigenvalue weighted by atomic mass is 9.77. The first-order valence-electron chi connectivity index (χ1n) is 11.6. The Labute approximate surface area is 201 Å². The normalized spacial score (nSPS) is 18.1. The van der Waals surface area contributed by atoms with E-state index in [2.05, 4.69) is 23.2 Å². The Kier molecular flexibility index (Phi) is 7.45. The highest BCUT2D eigenvalue weighted by Crippen LogP contribution is 2.38. The lowest BCUT2D eigenvalue weighted by Crippen LogP contribution is -2.17. The summed E-state index contributed by atoms with van der Waals surface area (Å²) in [6, 6.07) is 12.0. The summed E-state index contributed by atoms with van der Waals surface area (Å²) in [4.78, 5) is 0. The zero-order valence-electron chi connectivity index (χ0n) is 19.1. The maximum absolute atomic E-state index is 15.1. The van der Waals surface area contributed by atoms with Crippen molar-refractivity contribution in [3.8, 4) is 17.6 Å². The van der Waals surface area contributed by atoms with Crippen LogP contribution in [0.25, 0.3) is 10.8 Å². The Bertz CT molecular complexity index is 1270. The summed E-state index contributed by atoms with van der Waals surface area (Å²) < 4.78 is 69.5. The number of fused-ring (bicyclic) bond motifs is 1. The van der Waals surface area contributed by atoms with Crippen LogP contribution >= 0.6 is 0 Å². The molecule has 4 rings (SSSR count). The largest absolute Gasteiger partial charge is 0.573 e. The van der Waals surface area contributed by atoms with Crippen LogP contribution < -0.4 is 4.74 Å². The number of alkyl halides is 3. The predicted molar refractivity (Wildman–Crippen MR) is 127 cm³/mol. The van der Waals surface area contributed by atoms with E-state index < -0.39 is 23.7 Å². The van der Waals surface area contributed by atoms with Gasteiger partial charge in [0, 0.05) is 10.9 Å². The van der Waals surface area contributed by atoms with Crippen molar-refractivity contribution in [2.45, 2.75) is 50.8 Å². The van der Waals surface area contributed by atoms with Gasteiger partial charge in [0.2, 0.25) is 0 Å². The van der Waals surface area contributed by atoms with E-state index in [0.29, 0.717) is 11.3 Å². The summed E-state index contributed by atoms with van der Waals surface area (Å²) in [5.74, 6) is 3.87. The molecule has 0 radical (unpaired) electrons. The van der Waals surface area contributed by atoms with Gasteiger partial charge < -0.3 is 4.74 Å². The van der Waals surface area contributed by atoms with Crippen molar-refractivity contribution in [2.75, 3.05) is 0 Å². The number of rotatable bonds is 5. The summed E-state index contributed by atoms with van der Waals surface area (Å²) in [5.41, 5.74) is 1.45. The quantitative estimate of drug-likeness (QED) is 0.200. The first-order chi connectivity index (χ1) is 16.7. The highest BCUT2D eigenvalue weighted by molar-refractivity contribution is 5.85. The van der Waals surface area contributed by atoms with Crippen LogP contribution in [0.2, 0.25) is 0 Å².